The van der Waals surface area contributed by atoms with Crippen LogP contribution in [-0.4, -0.2) is 24.3 Å². The predicted molar refractivity (Wildman–Crippen MR) is 78.7 cm³/mol. The van der Waals surface area contributed by atoms with Crippen molar-refractivity contribution in [3.05, 3.63) is 58.3 Å². The molecule has 21 heavy (non-hydrogen) atoms. The minimum absolute atomic E-state index is 0.224. The van der Waals surface area contributed by atoms with Gasteiger partial charge in [0.2, 0.25) is 0 Å². The molecule has 0 saturated heterocycles. The third-order valence-electron chi connectivity index (χ3n) is 2.51. The van der Waals surface area contributed by atoms with E-state index in [2.05, 4.69) is 16.2 Å². The summed E-state index contributed by atoms with van der Waals surface area (Å²) >= 11 is 1.27. The Morgan fingerprint density at radius 1 is 0.905 bits per heavy atom. The zero-order valence-electron chi connectivity index (χ0n) is 11.0. The van der Waals surface area contributed by atoms with Crippen LogP contribution in [0.2, 0.25) is 0 Å². The van der Waals surface area contributed by atoms with Gasteiger partial charge in [0.25, 0.3) is 17.7 Å². The molecule has 0 fully saturated rings. The minimum atomic E-state index is -0.510. The van der Waals surface area contributed by atoms with E-state index < -0.39 is 11.8 Å². The lowest BCUT2D eigenvalue weighted by Gasteiger charge is -2.07. The van der Waals surface area contributed by atoms with Gasteiger partial charge in [-0.15, -0.1) is 11.3 Å². The number of nitrogens with one attached hydrogen (secondary N) is 3. The molecule has 2 rings (SSSR count). The van der Waals surface area contributed by atoms with Crippen LogP contribution < -0.4 is 16.2 Å². The minimum Gasteiger partial charge on any atom is -0.343 e. The molecule has 2 aromatic rings. The van der Waals surface area contributed by atoms with Crippen molar-refractivity contribution in [1.82, 2.24) is 16.2 Å². The quantitative estimate of drug-likeness (QED) is 0.735. The van der Waals surface area contributed by atoms with Crippen molar-refractivity contribution in [3.63, 3.8) is 0 Å². The van der Waals surface area contributed by atoms with Crippen LogP contribution in [0.15, 0.2) is 47.8 Å². The Kier molecular flexibility index (Phi) is 5.05. The Morgan fingerprint density at radius 3 is 2.33 bits per heavy atom. The maximum absolute atomic E-state index is 11.7. The molecule has 108 valence electrons. The fourth-order valence-electron chi connectivity index (χ4n) is 1.49. The summed E-state index contributed by atoms with van der Waals surface area (Å²) in [4.78, 5) is 35.3. The van der Waals surface area contributed by atoms with E-state index in [1.165, 1.54) is 11.3 Å². The first-order valence-corrected chi connectivity index (χ1v) is 7.00. The maximum Gasteiger partial charge on any atom is 0.279 e. The van der Waals surface area contributed by atoms with E-state index in [0.29, 0.717) is 10.4 Å². The average Bonchev–Trinajstić information content (AvgIpc) is 3.05. The molecule has 0 aliphatic heterocycles. The summed E-state index contributed by atoms with van der Waals surface area (Å²) in [5, 5.41) is 4.22. The number of carbonyl (C=O) groups is 3. The Labute approximate surface area is 125 Å². The lowest BCUT2D eigenvalue weighted by atomic mass is 10.2. The normalized spacial score (nSPS) is 9.71. The maximum atomic E-state index is 11.7. The number of benzene rings is 1. The highest BCUT2D eigenvalue weighted by Gasteiger charge is 2.09. The molecular formula is C14H13N3O3S. The lowest BCUT2D eigenvalue weighted by Crippen LogP contribution is -2.46. The number of hydrogen-bond acceptors (Lipinski definition) is 4. The van der Waals surface area contributed by atoms with E-state index in [0.717, 1.165) is 0 Å². The highest BCUT2D eigenvalue weighted by Crippen LogP contribution is 2.06. The topological polar surface area (TPSA) is 87.3 Å². The third kappa shape index (κ3) is 4.43. The summed E-state index contributed by atoms with van der Waals surface area (Å²) in [6.07, 6.45) is 0. The predicted octanol–water partition coefficient (Wildman–Crippen LogP) is 0.939. The molecule has 7 heteroatoms. The Bertz CT molecular complexity index is 626. The number of hydrogen-bond donors (Lipinski definition) is 3. The summed E-state index contributed by atoms with van der Waals surface area (Å²) in [5.41, 5.74) is 4.97. The molecule has 0 unspecified atom stereocenters. The van der Waals surface area contributed by atoms with E-state index in [1.807, 2.05) is 0 Å². The van der Waals surface area contributed by atoms with E-state index >= 15 is 0 Å². The molecule has 1 aromatic carbocycles. The van der Waals surface area contributed by atoms with Gasteiger partial charge in [-0.3, -0.25) is 25.2 Å². The molecule has 0 atom stereocenters. The highest BCUT2D eigenvalue weighted by atomic mass is 32.1. The number of rotatable bonds is 4. The van der Waals surface area contributed by atoms with E-state index in [4.69, 9.17) is 0 Å². The second-order valence-corrected chi connectivity index (χ2v) is 4.98. The van der Waals surface area contributed by atoms with E-state index in [-0.39, 0.29) is 12.5 Å². The summed E-state index contributed by atoms with van der Waals surface area (Å²) < 4.78 is 0. The molecule has 3 amide bonds. The van der Waals surface area contributed by atoms with Crippen LogP contribution in [-0.2, 0) is 4.79 Å². The second-order valence-electron chi connectivity index (χ2n) is 4.03. The van der Waals surface area contributed by atoms with Gasteiger partial charge in [0.05, 0.1) is 11.4 Å². The van der Waals surface area contributed by atoms with Crippen molar-refractivity contribution in [2.75, 3.05) is 6.54 Å². The van der Waals surface area contributed by atoms with Crippen LogP contribution in [0.25, 0.3) is 0 Å². The smallest absolute Gasteiger partial charge is 0.279 e. The molecule has 6 nitrogen and oxygen atoms in total. The van der Waals surface area contributed by atoms with Crippen LogP contribution in [0.4, 0.5) is 0 Å². The molecule has 3 N–H and O–H groups in total. The Hall–Kier alpha value is -2.67. The fraction of sp³-hybridized carbons (Fsp3) is 0.0714. The Morgan fingerprint density at radius 2 is 1.67 bits per heavy atom. The molecule has 0 bridgehead atoms. The zero-order valence-corrected chi connectivity index (χ0v) is 11.8. The molecule has 0 aliphatic rings. The number of carbonyl (C=O) groups excluding carboxylic acids is 3. The lowest BCUT2D eigenvalue weighted by molar-refractivity contribution is -0.120. The molecule has 0 radical (unpaired) electrons. The van der Waals surface area contributed by atoms with Gasteiger partial charge in [0.15, 0.2) is 0 Å². The van der Waals surface area contributed by atoms with Crippen molar-refractivity contribution >= 4 is 29.1 Å². The van der Waals surface area contributed by atoms with Crippen molar-refractivity contribution in [2.24, 2.45) is 0 Å². The van der Waals surface area contributed by atoms with Gasteiger partial charge in [-0.2, -0.15) is 0 Å². The molecule has 0 saturated carbocycles. The zero-order chi connectivity index (χ0) is 15.1. The van der Waals surface area contributed by atoms with E-state index in [9.17, 15) is 14.4 Å². The van der Waals surface area contributed by atoms with Crippen LogP contribution in [0, 0.1) is 0 Å². The number of hydrazine groups is 1. The molecule has 0 aliphatic carbocycles. The van der Waals surface area contributed by atoms with E-state index in [1.54, 1.807) is 47.8 Å². The first kappa shape index (κ1) is 14.7. The monoisotopic (exact) mass is 303 g/mol. The Balaban J connectivity index is 1.73. The van der Waals surface area contributed by atoms with Gasteiger partial charge >= 0.3 is 0 Å². The first-order valence-electron chi connectivity index (χ1n) is 6.13. The van der Waals surface area contributed by atoms with Crippen molar-refractivity contribution in [1.29, 1.82) is 0 Å². The fourth-order valence-corrected chi connectivity index (χ4v) is 2.11. The molecule has 0 spiro atoms. The summed E-state index contributed by atoms with van der Waals surface area (Å²) in [7, 11) is 0. The first-order chi connectivity index (χ1) is 10.2. The summed E-state index contributed by atoms with van der Waals surface area (Å²) in [5.74, 6) is -1.26. The molecule has 1 heterocycles. The molecular weight excluding hydrogens is 290 g/mol. The van der Waals surface area contributed by atoms with Crippen molar-refractivity contribution in [3.8, 4) is 0 Å². The van der Waals surface area contributed by atoms with Gasteiger partial charge in [-0.25, -0.2) is 0 Å². The molecule has 1 aromatic heterocycles. The third-order valence-corrected chi connectivity index (χ3v) is 3.37. The second kappa shape index (κ2) is 7.20. The van der Waals surface area contributed by atoms with Crippen molar-refractivity contribution in [2.45, 2.75) is 0 Å². The van der Waals surface area contributed by atoms with Gasteiger partial charge in [-0.05, 0) is 23.6 Å². The van der Waals surface area contributed by atoms with Crippen molar-refractivity contribution < 1.29 is 14.4 Å². The van der Waals surface area contributed by atoms with Gasteiger partial charge in [0, 0.05) is 5.56 Å². The summed E-state index contributed by atoms with van der Waals surface area (Å²) in [6, 6.07) is 11.9. The standard InChI is InChI=1S/C14H13N3O3S/c18-12(16-17-14(20)11-7-4-8-21-11)9-15-13(19)10-5-2-1-3-6-10/h1-8H,9H2,(H,15,19)(H,16,18)(H,17,20). The van der Waals surface area contributed by atoms with Crippen LogP contribution in [0.1, 0.15) is 20.0 Å². The number of thiophene rings is 1. The van der Waals surface area contributed by atoms with Gasteiger partial charge in [0.1, 0.15) is 0 Å². The average molecular weight is 303 g/mol. The van der Waals surface area contributed by atoms with Crippen LogP contribution in [0.5, 0.6) is 0 Å². The SMILES string of the molecule is O=C(CNC(=O)c1ccccc1)NNC(=O)c1cccs1. The largest absolute Gasteiger partial charge is 0.343 e. The number of amides is 3. The summed E-state index contributed by atoms with van der Waals surface area (Å²) in [6.45, 7) is -0.224. The van der Waals surface area contributed by atoms with Gasteiger partial charge < -0.3 is 5.32 Å². The van der Waals surface area contributed by atoms with Gasteiger partial charge in [-0.1, -0.05) is 24.3 Å². The highest BCUT2D eigenvalue weighted by molar-refractivity contribution is 7.12. The van der Waals surface area contributed by atoms with Crippen LogP contribution >= 0.6 is 11.3 Å². The van der Waals surface area contributed by atoms with Crippen LogP contribution in [0.3, 0.4) is 0 Å².